The molecule has 1 N–H and O–H groups in total. The fraction of sp³-hybridized carbons (Fsp3) is 0.381. The summed E-state index contributed by atoms with van der Waals surface area (Å²) in [6, 6.07) is 12.4. The highest BCUT2D eigenvalue weighted by Gasteiger charge is 2.53. The largest absolute Gasteiger partial charge is 0.507 e. The number of piperazine rings is 1. The van der Waals surface area contributed by atoms with Gasteiger partial charge >= 0.3 is 0 Å². The summed E-state index contributed by atoms with van der Waals surface area (Å²) < 4.78 is 28.2. The second-order valence-corrected chi connectivity index (χ2v) is 10.6. The molecule has 154 valence electrons. The molecule has 0 bridgehead atoms. The van der Waals surface area contributed by atoms with Gasteiger partial charge in [0.05, 0.1) is 5.41 Å². The maximum absolute atomic E-state index is 13.2. The molecule has 29 heavy (non-hydrogen) atoms. The third kappa shape index (κ3) is 3.69. The number of benzene rings is 2. The lowest BCUT2D eigenvalue weighted by Gasteiger charge is -2.36. The van der Waals surface area contributed by atoms with E-state index in [0.29, 0.717) is 13.1 Å². The monoisotopic (exact) mass is 478 g/mol. The van der Waals surface area contributed by atoms with Gasteiger partial charge < -0.3 is 10.0 Å². The van der Waals surface area contributed by atoms with E-state index in [-0.39, 0.29) is 29.6 Å². The average Bonchev–Trinajstić information content (AvgIpc) is 3.51. The van der Waals surface area contributed by atoms with E-state index >= 15 is 0 Å². The molecule has 4 rings (SSSR count). The number of phenols is 1. The molecule has 0 radical (unpaired) electrons. The molecule has 1 heterocycles. The van der Waals surface area contributed by atoms with Crippen LogP contribution in [0.5, 0.6) is 5.75 Å². The van der Waals surface area contributed by atoms with Crippen molar-refractivity contribution in [2.45, 2.75) is 30.1 Å². The van der Waals surface area contributed by atoms with Gasteiger partial charge in [-0.2, -0.15) is 4.31 Å². The lowest BCUT2D eigenvalue weighted by molar-refractivity contribution is -0.135. The Morgan fingerprint density at radius 1 is 1.07 bits per heavy atom. The van der Waals surface area contributed by atoms with Crippen molar-refractivity contribution in [3.05, 3.63) is 58.1 Å². The van der Waals surface area contributed by atoms with Crippen LogP contribution >= 0.6 is 15.9 Å². The minimum atomic E-state index is -3.80. The van der Waals surface area contributed by atoms with Crippen molar-refractivity contribution in [2.24, 2.45) is 0 Å². The third-order valence-corrected chi connectivity index (χ3v) is 8.22. The Hall–Kier alpha value is -1.90. The molecule has 1 saturated carbocycles. The first-order valence-electron chi connectivity index (χ1n) is 9.59. The van der Waals surface area contributed by atoms with Gasteiger partial charge in [-0.15, -0.1) is 0 Å². The first-order valence-corrected chi connectivity index (χ1v) is 11.8. The van der Waals surface area contributed by atoms with Crippen molar-refractivity contribution in [1.82, 2.24) is 9.21 Å². The molecule has 0 spiro atoms. The summed E-state index contributed by atoms with van der Waals surface area (Å²) in [6.45, 7) is 2.92. The van der Waals surface area contributed by atoms with Gasteiger partial charge in [0.2, 0.25) is 15.9 Å². The standard InChI is InChI=1S/C21H23BrN2O4S/c1-15-5-6-18(25)19(13-15)29(27,28)24-11-9-23(10-12-24)20(26)21(7-8-21)16-3-2-4-17(22)14-16/h2-6,13-14,25H,7-12H2,1H3. The SMILES string of the molecule is Cc1ccc(O)c(S(=O)(=O)N2CCN(C(=O)C3(c4cccc(Br)c4)CC3)CC2)c1. The van der Waals surface area contributed by atoms with Gasteiger partial charge in [-0.05, 0) is 55.2 Å². The minimum absolute atomic E-state index is 0.0750. The Bertz CT molecular complexity index is 1060. The zero-order valence-corrected chi connectivity index (χ0v) is 18.5. The summed E-state index contributed by atoms with van der Waals surface area (Å²) in [6.07, 6.45) is 1.63. The highest BCUT2D eigenvalue weighted by atomic mass is 79.9. The normalized spacial score (nSPS) is 19.2. The average molecular weight is 479 g/mol. The summed E-state index contributed by atoms with van der Waals surface area (Å²) in [5, 5.41) is 10.0. The summed E-state index contributed by atoms with van der Waals surface area (Å²) in [5.41, 5.74) is 1.30. The number of phenolic OH excluding ortho intramolecular Hbond substituents is 1. The number of carbonyl (C=O) groups is 1. The van der Waals surface area contributed by atoms with Crippen LogP contribution in [0.1, 0.15) is 24.0 Å². The van der Waals surface area contributed by atoms with Gasteiger partial charge in [-0.3, -0.25) is 4.79 Å². The Labute approximate surface area is 179 Å². The van der Waals surface area contributed by atoms with E-state index in [0.717, 1.165) is 28.4 Å². The Kier molecular flexibility index (Phi) is 5.21. The molecule has 2 aromatic carbocycles. The van der Waals surface area contributed by atoms with Gasteiger partial charge in [-0.25, -0.2) is 8.42 Å². The topological polar surface area (TPSA) is 77.9 Å². The van der Waals surface area contributed by atoms with Crippen LogP contribution in [-0.4, -0.2) is 54.8 Å². The van der Waals surface area contributed by atoms with Crippen LogP contribution in [0.25, 0.3) is 0 Å². The number of nitrogens with zero attached hydrogens (tertiary/aromatic N) is 2. The van der Waals surface area contributed by atoms with Crippen molar-refractivity contribution in [3.8, 4) is 5.75 Å². The Morgan fingerprint density at radius 2 is 1.76 bits per heavy atom. The minimum Gasteiger partial charge on any atom is -0.507 e. The maximum atomic E-state index is 13.2. The number of amides is 1. The molecule has 6 nitrogen and oxygen atoms in total. The number of hydrogen-bond acceptors (Lipinski definition) is 4. The number of aromatic hydroxyl groups is 1. The number of halogens is 1. The molecular formula is C21H23BrN2O4S. The number of rotatable bonds is 4. The molecule has 2 fully saturated rings. The molecule has 2 aromatic rings. The third-order valence-electron chi connectivity index (χ3n) is 5.80. The van der Waals surface area contributed by atoms with Gasteiger partial charge in [0.1, 0.15) is 10.6 Å². The van der Waals surface area contributed by atoms with Crippen LogP contribution in [-0.2, 0) is 20.2 Å². The highest BCUT2D eigenvalue weighted by molar-refractivity contribution is 9.10. The highest BCUT2D eigenvalue weighted by Crippen LogP contribution is 2.50. The molecule has 1 aliphatic carbocycles. The maximum Gasteiger partial charge on any atom is 0.246 e. The molecule has 1 saturated heterocycles. The van der Waals surface area contributed by atoms with Crippen molar-refractivity contribution in [2.75, 3.05) is 26.2 Å². The molecule has 2 aliphatic rings. The van der Waals surface area contributed by atoms with Crippen LogP contribution in [0.4, 0.5) is 0 Å². The van der Waals surface area contributed by atoms with Crippen LogP contribution in [0, 0.1) is 6.92 Å². The number of aryl methyl sites for hydroxylation is 1. The number of sulfonamides is 1. The van der Waals surface area contributed by atoms with Crippen molar-refractivity contribution >= 4 is 31.9 Å². The smallest absolute Gasteiger partial charge is 0.246 e. The zero-order valence-electron chi connectivity index (χ0n) is 16.1. The first-order chi connectivity index (χ1) is 13.7. The molecule has 1 amide bonds. The molecule has 8 heteroatoms. The molecule has 0 aromatic heterocycles. The first kappa shape index (κ1) is 20.4. The van der Waals surface area contributed by atoms with Crippen LogP contribution in [0.2, 0.25) is 0 Å². The van der Waals surface area contributed by atoms with Crippen molar-refractivity contribution < 1.29 is 18.3 Å². The van der Waals surface area contributed by atoms with Gasteiger partial charge in [0.15, 0.2) is 0 Å². The second kappa shape index (κ2) is 7.41. The quantitative estimate of drug-likeness (QED) is 0.732. The second-order valence-electron chi connectivity index (χ2n) is 7.76. The van der Waals surface area contributed by atoms with Crippen molar-refractivity contribution in [3.63, 3.8) is 0 Å². The van der Waals surface area contributed by atoms with Gasteiger partial charge in [0, 0.05) is 30.7 Å². The summed E-state index contributed by atoms with van der Waals surface area (Å²) in [5.74, 6) is -0.174. The van der Waals surface area contributed by atoms with E-state index in [9.17, 15) is 18.3 Å². The molecule has 0 unspecified atom stereocenters. The van der Waals surface area contributed by atoms with E-state index in [1.54, 1.807) is 17.9 Å². The zero-order chi connectivity index (χ0) is 20.8. The van der Waals surface area contributed by atoms with Crippen LogP contribution in [0.15, 0.2) is 51.8 Å². The van der Waals surface area contributed by atoms with Crippen LogP contribution in [0.3, 0.4) is 0 Å². The van der Waals surface area contributed by atoms with E-state index in [1.807, 2.05) is 24.3 Å². The van der Waals surface area contributed by atoms with E-state index in [1.165, 1.54) is 16.4 Å². The number of carbonyl (C=O) groups excluding carboxylic acids is 1. The molecule has 0 atom stereocenters. The van der Waals surface area contributed by atoms with E-state index in [2.05, 4.69) is 15.9 Å². The number of hydrogen-bond donors (Lipinski definition) is 1. The van der Waals surface area contributed by atoms with Gasteiger partial charge in [0.25, 0.3) is 0 Å². The van der Waals surface area contributed by atoms with E-state index < -0.39 is 15.4 Å². The lowest BCUT2D eigenvalue weighted by atomic mass is 9.94. The fourth-order valence-corrected chi connectivity index (χ4v) is 5.93. The predicted molar refractivity (Wildman–Crippen MR) is 113 cm³/mol. The summed E-state index contributed by atoms with van der Waals surface area (Å²) in [4.78, 5) is 14.9. The van der Waals surface area contributed by atoms with Crippen LogP contribution < -0.4 is 0 Å². The summed E-state index contributed by atoms with van der Waals surface area (Å²) >= 11 is 3.47. The van der Waals surface area contributed by atoms with Crippen molar-refractivity contribution in [1.29, 1.82) is 0 Å². The van der Waals surface area contributed by atoms with E-state index in [4.69, 9.17) is 0 Å². The Morgan fingerprint density at radius 3 is 2.38 bits per heavy atom. The predicted octanol–water partition coefficient (Wildman–Crippen LogP) is 3.03. The summed E-state index contributed by atoms with van der Waals surface area (Å²) in [7, 11) is -3.80. The fourth-order valence-electron chi connectivity index (χ4n) is 3.94. The van der Waals surface area contributed by atoms with Gasteiger partial charge in [-0.1, -0.05) is 34.1 Å². The lowest BCUT2D eigenvalue weighted by Crippen LogP contribution is -2.52. The molecular weight excluding hydrogens is 456 g/mol. The Balaban J connectivity index is 1.48. The molecule has 1 aliphatic heterocycles.